The summed E-state index contributed by atoms with van der Waals surface area (Å²) in [7, 11) is 0. The average molecular weight is 453 g/mol. The third-order valence-electron chi connectivity index (χ3n) is 4.50. The van der Waals surface area contributed by atoms with E-state index in [0.717, 1.165) is 0 Å². The quantitative estimate of drug-likeness (QED) is 0.341. The number of carbonyl (C=O) groups excluding carboxylic acids is 1. The maximum absolute atomic E-state index is 12.9. The van der Waals surface area contributed by atoms with Gasteiger partial charge in [-0.2, -0.15) is 9.78 Å². The van der Waals surface area contributed by atoms with Gasteiger partial charge in [-0.1, -0.05) is 35.0 Å². The Labute approximate surface area is 184 Å². The lowest BCUT2D eigenvalue weighted by atomic mass is 10.1. The van der Waals surface area contributed by atoms with Gasteiger partial charge in [0.15, 0.2) is 17.2 Å². The van der Waals surface area contributed by atoms with Gasteiger partial charge in [0.05, 0.1) is 6.21 Å². The number of hydrazone groups is 1. The number of hydrogen-bond acceptors (Lipinski definition) is 10. The molecule has 1 aliphatic rings. The molecule has 4 aromatic rings. The minimum Gasteiger partial charge on any atom is -0.454 e. The van der Waals surface area contributed by atoms with Crippen molar-refractivity contribution in [1.29, 1.82) is 0 Å². The molecule has 160 valence electrons. The summed E-state index contributed by atoms with van der Waals surface area (Å²) in [5.41, 5.74) is 9.65. The third-order valence-corrected chi connectivity index (χ3v) is 4.85. The van der Waals surface area contributed by atoms with Crippen molar-refractivity contribution in [3.8, 4) is 28.6 Å². The minimum atomic E-state index is -0.623. The van der Waals surface area contributed by atoms with E-state index in [0.29, 0.717) is 27.6 Å². The zero-order valence-corrected chi connectivity index (χ0v) is 16.9. The molecule has 32 heavy (non-hydrogen) atoms. The van der Waals surface area contributed by atoms with Crippen LogP contribution in [0.4, 0.5) is 5.82 Å². The van der Waals surface area contributed by atoms with Crippen LogP contribution in [0.5, 0.6) is 11.5 Å². The van der Waals surface area contributed by atoms with E-state index >= 15 is 0 Å². The van der Waals surface area contributed by atoms with Gasteiger partial charge in [0.1, 0.15) is 5.69 Å². The van der Waals surface area contributed by atoms with Crippen LogP contribution >= 0.6 is 11.6 Å². The van der Waals surface area contributed by atoms with Crippen molar-refractivity contribution in [2.45, 2.75) is 0 Å². The first kappa shape index (κ1) is 19.5. The molecule has 12 nitrogen and oxygen atoms in total. The van der Waals surface area contributed by atoms with Gasteiger partial charge in [-0.25, -0.2) is 10.1 Å². The van der Waals surface area contributed by atoms with Crippen molar-refractivity contribution in [2.75, 3.05) is 12.5 Å². The van der Waals surface area contributed by atoms with Crippen LogP contribution in [0.25, 0.3) is 17.1 Å². The van der Waals surface area contributed by atoms with Gasteiger partial charge in [-0.15, -0.1) is 5.10 Å². The standard InChI is InChI=1S/C19H13ClN8O4/c20-12-4-2-1-3-11(12)8-22-24-19(29)15-16(10-5-6-13-14(7-10)31-9-30-13)28(27-23-15)18-17(21)25-32-26-18/h1-8H,9H2,(H2,21,25)(H,24,29)/b22-8+. The smallest absolute Gasteiger partial charge is 0.294 e. The maximum atomic E-state index is 12.9. The Bertz CT molecular complexity index is 1350. The van der Waals surface area contributed by atoms with E-state index < -0.39 is 5.91 Å². The number of nitrogens with two attached hydrogens (primary N) is 1. The van der Waals surface area contributed by atoms with E-state index in [1.807, 2.05) is 0 Å². The number of ether oxygens (including phenoxy) is 2. The van der Waals surface area contributed by atoms with E-state index in [9.17, 15) is 4.79 Å². The molecule has 0 atom stereocenters. The summed E-state index contributed by atoms with van der Waals surface area (Å²) in [5.74, 6) is 0.502. The number of nitrogens with zero attached hydrogens (tertiary/aromatic N) is 6. The van der Waals surface area contributed by atoms with E-state index in [2.05, 4.69) is 35.8 Å². The zero-order valence-electron chi connectivity index (χ0n) is 16.1. The summed E-state index contributed by atoms with van der Waals surface area (Å²) in [5, 5.41) is 19.7. The number of halogens is 1. The van der Waals surface area contributed by atoms with E-state index in [1.54, 1.807) is 42.5 Å². The number of rotatable bonds is 5. The van der Waals surface area contributed by atoms with Gasteiger partial charge < -0.3 is 15.2 Å². The Hall–Kier alpha value is -4.45. The summed E-state index contributed by atoms with van der Waals surface area (Å²) < 4.78 is 16.7. The van der Waals surface area contributed by atoms with Crippen LogP contribution in [-0.2, 0) is 0 Å². The molecular formula is C19H13ClN8O4. The fourth-order valence-electron chi connectivity index (χ4n) is 3.02. The van der Waals surface area contributed by atoms with Crippen LogP contribution in [0.3, 0.4) is 0 Å². The lowest BCUT2D eigenvalue weighted by Gasteiger charge is -2.07. The first-order valence-corrected chi connectivity index (χ1v) is 9.51. The van der Waals surface area contributed by atoms with Gasteiger partial charge >= 0.3 is 0 Å². The topological polar surface area (TPSA) is 156 Å². The van der Waals surface area contributed by atoms with E-state index in [1.165, 1.54) is 10.9 Å². The Morgan fingerprint density at radius 3 is 2.84 bits per heavy atom. The van der Waals surface area contributed by atoms with Crippen LogP contribution in [0, 0.1) is 0 Å². The Morgan fingerprint density at radius 1 is 1.19 bits per heavy atom. The highest BCUT2D eigenvalue weighted by Crippen LogP contribution is 2.37. The summed E-state index contributed by atoms with van der Waals surface area (Å²) in [4.78, 5) is 12.9. The van der Waals surface area contributed by atoms with Crippen molar-refractivity contribution in [2.24, 2.45) is 5.10 Å². The second kappa shape index (κ2) is 8.00. The highest BCUT2D eigenvalue weighted by molar-refractivity contribution is 6.33. The number of hydrogen-bond donors (Lipinski definition) is 2. The first-order valence-electron chi connectivity index (χ1n) is 9.14. The van der Waals surface area contributed by atoms with Crippen molar-refractivity contribution in [1.82, 2.24) is 30.7 Å². The van der Waals surface area contributed by atoms with Crippen molar-refractivity contribution < 1.29 is 18.9 Å². The number of carbonyl (C=O) groups is 1. The molecule has 13 heteroatoms. The number of aromatic nitrogens is 5. The highest BCUT2D eigenvalue weighted by Gasteiger charge is 2.26. The van der Waals surface area contributed by atoms with Gasteiger partial charge in [-0.05, 0) is 34.6 Å². The average Bonchev–Trinajstić information content (AvgIpc) is 3.53. The summed E-state index contributed by atoms with van der Waals surface area (Å²) in [6.07, 6.45) is 1.42. The second-order valence-corrected chi connectivity index (χ2v) is 6.87. The maximum Gasteiger partial charge on any atom is 0.294 e. The minimum absolute atomic E-state index is 0.0272. The predicted molar refractivity (Wildman–Crippen MR) is 112 cm³/mol. The third kappa shape index (κ3) is 3.48. The molecule has 3 N–H and O–H groups in total. The molecule has 2 aromatic heterocycles. The van der Waals surface area contributed by atoms with Crippen molar-refractivity contribution in [3.63, 3.8) is 0 Å². The molecule has 0 saturated heterocycles. The number of amides is 1. The molecule has 0 aliphatic carbocycles. The largest absolute Gasteiger partial charge is 0.454 e. The molecule has 1 amide bonds. The van der Waals surface area contributed by atoms with Gasteiger partial charge in [0.2, 0.25) is 18.4 Å². The first-order chi connectivity index (χ1) is 15.6. The zero-order chi connectivity index (χ0) is 22.1. The normalized spacial score (nSPS) is 12.4. The van der Waals surface area contributed by atoms with Crippen LogP contribution < -0.4 is 20.6 Å². The molecule has 0 fully saturated rings. The van der Waals surface area contributed by atoms with Gasteiger partial charge in [-0.3, -0.25) is 4.79 Å². The molecule has 0 saturated carbocycles. The molecule has 3 heterocycles. The second-order valence-electron chi connectivity index (χ2n) is 6.46. The molecule has 0 bridgehead atoms. The fraction of sp³-hybridized carbons (Fsp3) is 0.0526. The van der Waals surface area contributed by atoms with E-state index in [4.69, 9.17) is 26.8 Å². The molecule has 0 unspecified atom stereocenters. The SMILES string of the molecule is Nc1nonc1-n1nnc(C(=O)N/N=C/c2ccccc2Cl)c1-c1ccc2c(c1)OCO2. The Balaban J connectivity index is 1.52. The predicted octanol–water partition coefficient (Wildman–Crippen LogP) is 2.05. The number of anilines is 1. The van der Waals surface area contributed by atoms with Crippen LogP contribution in [0.2, 0.25) is 5.02 Å². The number of nitrogens with one attached hydrogen (secondary N) is 1. The van der Waals surface area contributed by atoms with Crippen LogP contribution in [0.1, 0.15) is 16.1 Å². The Kier molecular flexibility index (Phi) is 4.88. The Morgan fingerprint density at radius 2 is 2.03 bits per heavy atom. The molecule has 0 radical (unpaired) electrons. The van der Waals surface area contributed by atoms with Crippen molar-refractivity contribution >= 4 is 29.5 Å². The molecule has 2 aromatic carbocycles. The number of fused-ring (bicyclic) bond motifs is 1. The van der Waals surface area contributed by atoms with E-state index in [-0.39, 0.29) is 29.8 Å². The van der Waals surface area contributed by atoms with Gasteiger partial charge in [0.25, 0.3) is 5.91 Å². The summed E-state index contributed by atoms with van der Waals surface area (Å²) >= 11 is 6.10. The number of benzene rings is 2. The monoisotopic (exact) mass is 452 g/mol. The lowest BCUT2D eigenvalue weighted by Crippen LogP contribution is -2.19. The van der Waals surface area contributed by atoms with Crippen LogP contribution in [0.15, 0.2) is 52.2 Å². The molecular weight excluding hydrogens is 440 g/mol. The molecule has 0 spiro atoms. The number of nitrogen functional groups attached to an aromatic ring is 1. The lowest BCUT2D eigenvalue weighted by molar-refractivity contribution is 0.0950. The van der Waals surface area contributed by atoms with Crippen molar-refractivity contribution in [3.05, 3.63) is 58.7 Å². The van der Waals surface area contributed by atoms with Crippen LogP contribution in [-0.4, -0.2) is 44.2 Å². The molecule has 1 aliphatic heterocycles. The fourth-order valence-corrected chi connectivity index (χ4v) is 3.20. The summed E-state index contributed by atoms with van der Waals surface area (Å²) in [6.45, 7) is 0.0978. The summed E-state index contributed by atoms with van der Waals surface area (Å²) in [6, 6.07) is 12.2. The van der Waals surface area contributed by atoms with Gasteiger partial charge in [0, 0.05) is 16.1 Å². The highest BCUT2D eigenvalue weighted by atomic mass is 35.5. The molecule has 5 rings (SSSR count).